The third-order valence-corrected chi connectivity index (χ3v) is 3.02. The summed E-state index contributed by atoms with van der Waals surface area (Å²) in [6.45, 7) is 0. The summed E-state index contributed by atoms with van der Waals surface area (Å²) < 4.78 is 0. The number of nitrogens with zero attached hydrogens (tertiary/aromatic N) is 3. The molecule has 5 heteroatoms. The van der Waals surface area contributed by atoms with Crippen molar-refractivity contribution in [3.05, 3.63) is 54.4 Å². The molecule has 18 heavy (non-hydrogen) atoms. The zero-order valence-corrected chi connectivity index (χ0v) is 9.96. The van der Waals surface area contributed by atoms with E-state index in [0.717, 1.165) is 16.8 Å². The maximum absolute atomic E-state index is 4.23. The van der Waals surface area contributed by atoms with Gasteiger partial charge in [0, 0.05) is 17.8 Å². The summed E-state index contributed by atoms with van der Waals surface area (Å²) in [7, 11) is 1.91. The summed E-state index contributed by atoms with van der Waals surface area (Å²) in [5, 5.41) is 12.4. The van der Waals surface area contributed by atoms with Crippen LogP contribution in [0.25, 0.3) is 10.8 Å². The Morgan fingerprint density at radius 3 is 3.00 bits per heavy atom. The topological polar surface area (TPSA) is 66.5 Å². The highest BCUT2D eigenvalue weighted by molar-refractivity contribution is 5.85. The third-order valence-electron chi connectivity index (χ3n) is 3.02. The zero-order valence-electron chi connectivity index (χ0n) is 9.96. The highest BCUT2D eigenvalue weighted by Gasteiger charge is 2.16. The van der Waals surface area contributed by atoms with E-state index >= 15 is 0 Å². The van der Waals surface area contributed by atoms with Crippen LogP contribution < -0.4 is 5.32 Å². The number of benzene rings is 1. The Hall–Kier alpha value is -2.27. The second-order valence-electron chi connectivity index (χ2n) is 4.04. The molecule has 90 valence electrons. The van der Waals surface area contributed by atoms with Gasteiger partial charge in [0.25, 0.3) is 0 Å². The lowest BCUT2D eigenvalue weighted by molar-refractivity contribution is 0.654. The van der Waals surface area contributed by atoms with E-state index < -0.39 is 0 Å². The van der Waals surface area contributed by atoms with Crippen LogP contribution in [0.1, 0.15) is 17.4 Å². The summed E-state index contributed by atoms with van der Waals surface area (Å²) in [5.74, 6) is 0.807. The van der Waals surface area contributed by atoms with Gasteiger partial charge in [-0.25, -0.2) is 4.98 Å². The number of aromatic amines is 1. The number of hydrogen-bond acceptors (Lipinski definition) is 4. The first-order chi connectivity index (χ1) is 8.90. The molecule has 0 aliphatic heterocycles. The fourth-order valence-corrected chi connectivity index (χ4v) is 2.19. The largest absolute Gasteiger partial charge is 0.307 e. The molecular weight excluding hydrogens is 226 g/mol. The van der Waals surface area contributed by atoms with Crippen LogP contribution in [0.2, 0.25) is 0 Å². The normalized spacial score (nSPS) is 12.7. The Morgan fingerprint density at radius 2 is 2.22 bits per heavy atom. The highest BCUT2D eigenvalue weighted by Crippen LogP contribution is 2.26. The summed E-state index contributed by atoms with van der Waals surface area (Å²) in [6.07, 6.45) is 5.19. The standard InChI is InChI=1S/C13H13N5/c1-14-12(13-16-8-17-18-13)11-4-2-3-9-7-15-6-5-10(9)11/h2-8,12,14H,1H3,(H,16,17,18). The number of hydrogen-bond donors (Lipinski definition) is 2. The molecule has 1 atom stereocenters. The van der Waals surface area contributed by atoms with Gasteiger partial charge in [0.15, 0.2) is 0 Å². The molecule has 0 fully saturated rings. The van der Waals surface area contributed by atoms with Crippen molar-refractivity contribution in [1.29, 1.82) is 0 Å². The van der Waals surface area contributed by atoms with Gasteiger partial charge in [0.2, 0.25) is 0 Å². The van der Waals surface area contributed by atoms with E-state index in [9.17, 15) is 0 Å². The summed E-state index contributed by atoms with van der Waals surface area (Å²) in [6, 6.07) is 8.19. The molecular formula is C13H13N5. The molecule has 0 saturated heterocycles. The van der Waals surface area contributed by atoms with E-state index in [-0.39, 0.29) is 6.04 Å². The van der Waals surface area contributed by atoms with Crippen molar-refractivity contribution in [2.24, 2.45) is 0 Å². The minimum Gasteiger partial charge on any atom is -0.307 e. The lowest BCUT2D eigenvalue weighted by atomic mass is 10.00. The molecule has 0 bridgehead atoms. The van der Waals surface area contributed by atoms with Crippen molar-refractivity contribution < 1.29 is 0 Å². The first-order valence-electron chi connectivity index (χ1n) is 5.75. The lowest BCUT2D eigenvalue weighted by Crippen LogP contribution is -2.19. The van der Waals surface area contributed by atoms with Crippen molar-refractivity contribution in [2.45, 2.75) is 6.04 Å². The van der Waals surface area contributed by atoms with E-state index in [4.69, 9.17) is 0 Å². The smallest absolute Gasteiger partial charge is 0.145 e. The average molecular weight is 239 g/mol. The molecule has 2 heterocycles. The van der Waals surface area contributed by atoms with Gasteiger partial charge >= 0.3 is 0 Å². The van der Waals surface area contributed by atoms with Crippen LogP contribution in [0, 0.1) is 0 Å². The van der Waals surface area contributed by atoms with Crippen molar-refractivity contribution in [3.63, 3.8) is 0 Å². The Kier molecular flexibility index (Phi) is 2.74. The number of pyridine rings is 1. The van der Waals surface area contributed by atoms with E-state index in [1.54, 1.807) is 6.20 Å². The van der Waals surface area contributed by atoms with Gasteiger partial charge < -0.3 is 5.32 Å². The number of nitrogens with one attached hydrogen (secondary N) is 2. The lowest BCUT2D eigenvalue weighted by Gasteiger charge is -2.15. The van der Waals surface area contributed by atoms with Crippen molar-refractivity contribution in [1.82, 2.24) is 25.5 Å². The molecule has 1 aromatic carbocycles. The Morgan fingerprint density at radius 1 is 1.28 bits per heavy atom. The van der Waals surface area contributed by atoms with E-state index in [1.807, 2.05) is 25.4 Å². The molecule has 5 nitrogen and oxygen atoms in total. The Balaban J connectivity index is 2.18. The van der Waals surface area contributed by atoms with Crippen LogP contribution >= 0.6 is 0 Å². The molecule has 1 unspecified atom stereocenters. The number of aromatic nitrogens is 4. The Bertz CT molecular complexity index is 642. The molecule has 0 aliphatic rings. The van der Waals surface area contributed by atoms with Crippen LogP contribution in [0.15, 0.2) is 43.0 Å². The van der Waals surface area contributed by atoms with Gasteiger partial charge in [-0.05, 0) is 24.1 Å². The van der Waals surface area contributed by atoms with E-state index in [2.05, 4.69) is 37.6 Å². The fourth-order valence-electron chi connectivity index (χ4n) is 2.19. The van der Waals surface area contributed by atoms with E-state index in [0.29, 0.717) is 0 Å². The van der Waals surface area contributed by atoms with Crippen molar-refractivity contribution >= 4 is 10.8 Å². The molecule has 0 saturated carbocycles. The predicted octanol–water partition coefficient (Wildman–Crippen LogP) is 1.66. The van der Waals surface area contributed by atoms with E-state index in [1.165, 1.54) is 11.7 Å². The first kappa shape index (κ1) is 10.9. The minimum atomic E-state index is -0.00130. The third kappa shape index (κ3) is 1.74. The average Bonchev–Trinajstić information content (AvgIpc) is 2.94. The van der Waals surface area contributed by atoms with Crippen LogP contribution in [-0.4, -0.2) is 27.2 Å². The zero-order chi connectivity index (χ0) is 12.4. The van der Waals surface area contributed by atoms with Gasteiger partial charge in [0.1, 0.15) is 12.2 Å². The van der Waals surface area contributed by atoms with Crippen LogP contribution in [-0.2, 0) is 0 Å². The number of rotatable bonds is 3. The molecule has 0 aliphatic carbocycles. The van der Waals surface area contributed by atoms with Gasteiger partial charge in [-0.2, -0.15) is 5.10 Å². The van der Waals surface area contributed by atoms with Gasteiger partial charge in [-0.1, -0.05) is 18.2 Å². The SMILES string of the molecule is CNC(c1ncn[nH]1)c1cccc2cnccc12. The van der Waals surface area contributed by atoms with Crippen LogP contribution in [0.5, 0.6) is 0 Å². The molecule has 3 rings (SSSR count). The minimum absolute atomic E-state index is 0.00130. The predicted molar refractivity (Wildman–Crippen MR) is 69.0 cm³/mol. The molecule has 2 aromatic heterocycles. The van der Waals surface area contributed by atoms with Crippen LogP contribution in [0.4, 0.5) is 0 Å². The maximum Gasteiger partial charge on any atom is 0.145 e. The summed E-state index contributed by atoms with van der Waals surface area (Å²) >= 11 is 0. The van der Waals surface area contributed by atoms with Gasteiger partial charge in [-0.3, -0.25) is 10.1 Å². The quantitative estimate of drug-likeness (QED) is 0.729. The second kappa shape index (κ2) is 4.54. The molecule has 0 spiro atoms. The van der Waals surface area contributed by atoms with Crippen molar-refractivity contribution in [3.8, 4) is 0 Å². The second-order valence-corrected chi connectivity index (χ2v) is 4.04. The maximum atomic E-state index is 4.23. The fraction of sp³-hybridized carbons (Fsp3) is 0.154. The molecule has 3 aromatic rings. The molecule has 2 N–H and O–H groups in total. The van der Waals surface area contributed by atoms with Gasteiger partial charge in [0.05, 0.1) is 6.04 Å². The van der Waals surface area contributed by atoms with Gasteiger partial charge in [-0.15, -0.1) is 0 Å². The summed E-state index contributed by atoms with van der Waals surface area (Å²) in [4.78, 5) is 8.37. The van der Waals surface area contributed by atoms with Crippen LogP contribution in [0.3, 0.4) is 0 Å². The first-order valence-corrected chi connectivity index (χ1v) is 5.75. The number of fused-ring (bicyclic) bond motifs is 1. The highest BCUT2D eigenvalue weighted by atomic mass is 15.2. The molecule has 0 amide bonds. The summed E-state index contributed by atoms with van der Waals surface area (Å²) in [5.41, 5.74) is 1.16. The number of H-pyrrole nitrogens is 1. The Labute approximate surface area is 104 Å². The van der Waals surface area contributed by atoms with Crippen molar-refractivity contribution in [2.75, 3.05) is 7.05 Å². The molecule has 0 radical (unpaired) electrons. The monoisotopic (exact) mass is 239 g/mol.